The minimum atomic E-state index is 0.474. The van der Waals surface area contributed by atoms with Gasteiger partial charge in [-0.1, -0.05) is 6.08 Å². The molecule has 0 aliphatic rings. The second kappa shape index (κ2) is 7.88. The van der Waals surface area contributed by atoms with Gasteiger partial charge in [-0.25, -0.2) is 0 Å². The minimum Gasteiger partial charge on any atom is -0.492 e. The van der Waals surface area contributed by atoms with Crippen LogP contribution in [0.3, 0.4) is 0 Å². The molecule has 3 nitrogen and oxygen atoms in total. The molecule has 0 fully saturated rings. The molecule has 3 heteroatoms. The average Bonchev–Trinajstić information content (AvgIpc) is 2.34. The molecule has 0 aliphatic carbocycles. The molecule has 1 heterocycles. The lowest BCUT2D eigenvalue weighted by atomic mass is 10.2. The van der Waals surface area contributed by atoms with Crippen LogP contribution in [0.2, 0.25) is 0 Å². The lowest BCUT2D eigenvalue weighted by molar-refractivity contribution is 0.304. The Bertz CT molecular complexity index is 295. The summed E-state index contributed by atoms with van der Waals surface area (Å²) < 4.78 is 5.56. The first-order chi connectivity index (χ1) is 7.86. The van der Waals surface area contributed by atoms with Crippen molar-refractivity contribution in [3.05, 3.63) is 36.7 Å². The van der Waals surface area contributed by atoms with Crippen molar-refractivity contribution >= 4 is 0 Å². The predicted molar refractivity (Wildman–Crippen MR) is 66.3 cm³/mol. The Morgan fingerprint density at radius 1 is 1.31 bits per heavy atom. The second-order valence-corrected chi connectivity index (χ2v) is 3.68. The van der Waals surface area contributed by atoms with Crippen LogP contribution in [0.5, 0.6) is 5.75 Å². The summed E-state index contributed by atoms with van der Waals surface area (Å²) in [5, 5.41) is 0. The van der Waals surface area contributed by atoms with E-state index in [9.17, 15) is 0 Å². The van der Waals surface area contributed by atoms with Crippen molar-refractivity contribution in [3.8, 4) is 5.75 Å². The zero-order valence-corrected chi connectivity index (χ0v) is 9.69. The standard InChI is InChI=1S/C13H20N2O/c1-2-3-4-5-6-9-16-13-8-7-12(10-14)15-11-13/h2,7-8,11H,1,3-6,9-10,14H2. The molecule has 0 radical (unpaired) electrons. The third-order valence-electron chi connectivity index (χ3n) is 2.33. The van der Waals surface area contributed by atoms with E-state index >= 15 is 0 Å². The summed E-state index contributed by atoms with van der Waals surface area (Å²) in [6, 6.07) is 3.81. The van der Waals surface area contributed by atoms with E-state index in [-0.39, 0.29) is 0 Å². The summed E-state index contributed by atoms with van der Waals surface area (Å²) in [5.74, 6) is 0.820. The smallest absolute Gasteiger partial charge is 0.137 e. The zero-order valence-electron chi connectivity index (χ0n) is 9.69. The monoisotopic (exact) mass is 220 g/mol. The summed E-state index contributed by atoms with van der Waals surface area (Å²) >= 11 is 0. The Morgan fingerprint density at radius 2 is 2.19 bits per heavy atom. The van der Waals surface area contributed by atoms with Gasteiger partial charge in [-0.2, -0.15) is 0 Å². The number of nitrogens with zero attached hydrogens (tertiary/aromatic N) is 1. The summed E-state index contributed by atoms with van der Waals surface area (Å²) in [7, 11) is 0. The summed E-state index contributed by atoms with van der Waals surface area (Å²) in [4.78, 5) is 4.16. The first-order valence-electron chi connectivity index (χ1n) is 5.75. The molecule has 1 rings (SSSR count). The molecule has 0 aliphatic heterocycles. The van der Waals surface area contributed by atoms with Gasteiger partial charge in [0.05, 0.1) is 18.5 Å². The van der Waals surface area contributed by atoms with E-state index in [0.717, 1.165) is 30.9 Å². The number of hydrogen-bond acceptors (Lipinski definition) is 3. The third-order valence-corrected chi connectivity index (χ3v) is 2.33. The van der Waals surface area contributed by atoms with Crippen LogP contribution in [-0.2, 0) is 6.54 Å². The normalized spacial score (nSPS) is 10.1. The number of nitrogens with two attached hydrogens (primary N) is 1. The molecule has 0 saturated heterocycles. The first kappa shape index (κ1) is 12.7. The number of hydrogen-bond donors (Lipinski definition) is 1. The first-order valence-corrected chi connectivity index (χ1v) is 5.75. The van der Waals surface area contributed by atoms with E-state index < -0.39 is 0 Å². The van der Waals surface area contributed by atoms with Crippen LogP contribution in [0.15, 0.2) is 31.0 Å². The molecule has 0 aromatic carbocycles. The Balaban J connectivity index is 2.14. The lowest BCUT2D eigenvalue weighted by Gasteiger charge is -2.05. The molecule has 1 aromatic heterocycles. The molecule has 0 unspecified atom stereocenters. The summed E-state index contributed by atoms with van der Waals surface area (Å²) in [6.07, 6.45) is 8.22. The Labute approximate surface area is 97.3 Å². The van der Waals surface area contributed by atoms with Crippen molar-refractivity contribution in [1.29, 1.82) is 0 Å². The molecule has 88 valence electrons. The van der Waals surface area contributed by atoms with Crippen LogP contribution < -0.4 is 10.5 Å². The number of ether oxygens (including phenoxy) is 1. The quantitative estimate of drug-likeness (QED) is 0.541. The van der Waals surface area contributed by atoms with Gasteiger partial charge in [0.25, 0.3) is 0 Å². The zero-order chi connectivity index (χ0) is 11.6. The van der Waals surface area contributed by atoms with Gasteiger partial charge in [0.15, 0.2) is 0 Å². The van der Waals surface area contributed by atoms with Gasteiger partial charge < -0.3 is 10.5 Å². The van der Waals surface area contributed by atoms with Crippen LogP contribution >= 0.6 is 0 Å². The third kappa shape index (κ3) is 4.94. The molecule has 0 atom stereocenters. The Hall–Kier alpha value is -1.35. The highest BCUT2D eigenvalue weighted by Gasteiger charge is 1.95. The minimum absolute atomic E-state index is 0.474. The van der Waals surface area contributed by atoms with Crippen LogP contribution in [-0.4, -0.2) is 11.6 Å². The fourth-order valence-electron chi connectivity index (χ4n) is 1.37. The predicted octanol–water partition coefficient (Wildman–Crippen LogP) is 2.67. The topological polar surface area (TPSA) is 48.1 Å². The number of rotatable bonds is 8. The molecule has 0 bridgehead atoms. The SMILES string of the molecule is C=CCCCCCOc1ccc(CN)nc1. The van der Waals surface area contributed by atoms with E-state index in [4.69, 9.17) is 10.5 Å². The van der Waals surface area contributed by atoms with Crippen molar-refractivity contribution in [2.75, 3.05) is 6.61 Å². The fraction of sp³-hybridized carbons (Fsp3) is 0.462. The van der Waals surface area contributed by atoms with Gasteiger partial charge in [0, 0.05) is 6.54 Å². The Kier molecular flexibility index (Phi) is 6.26. The maximum atomic E-state index is 5.56. The summed E-state index contributed by atoms with van der Waals surface area (Å²) in [6.45, 7) is 4.92. The van der Waals surface area contributed by atoms with Gasteiger partial charge in [-0.3, -0.25) is 4.98 Å². The van der Waals surface area contributed by atoms with Gasteiger partial charge in [0.1, 0.15) is 5.75 Å². The fourth-order valence-corrected chi connectivity index (χ4v) is 1.37. The van der Waals surface area contributed by atoms with Crippen LogP contribution in [0, 0.1) is 0 Å². The van der Waals surface area contributed by atoms with E-state index in [0.29, 0.717) is 6.54 Å². The van der Waals surface area contributed by atoms with Crippen molar-refractivity contribution in [2.24, 2.45) is 5.73 Å². The van der Waals surface area contributed by atoms with Gasteiger partial charge in [-0.05, 0) is 37.8 Å². The largest absolute Gasteiger partial charge is 0.492 e. The van der Waals surface area contributed by atoms with Crippen molar-refractivity contribution in [3.63, 3.8) is 0 Å². The molecule has 0 amide bonds. The highest BCUT2D eigenvalue weighted by atomic mass is 16.5. The second-order valence-electron chi connectivity index (χ2n) is 3.68. The molecular weight excluding hydrogens is 200 g/mol. The van der Waals surface area contributed by atoms with Crippen molar-refractivity contribution in [1.82, 2.24) is 4.98 Å². The number of allylic oxidation sites excluding steroid dienone is 1. The number of unbranched alkanes of at least 4 members (excludes halogenated alkanes) is 3. The maximum Gasteiger partial charge on any atom is 0.137 e. The van der Waals surface area contributed by atoms with E-state index in [1.807, 2.05) is 18.2 Å². The molecule has 16 heavy (non-hydrogen) atoms. The van der Waals surface area contributed by atoms with E-state index in [1.54, 1.807) is 6.20 Å². The molecular formula is C13H20N2O. The van der Waals surface area contributed by atoms with Crippen LogP contribution in [0.25, 0.3) is 0 Å². The van der Waals surface area contributed by atoms with Gasteiger partial charge in [-0.15, -0.1) is 6.58 Å². The highest BCUT2D eigenvalue weighted by Crippen LogP contribution is 2.10. The van der Waals surface area contributed by atoms with E-state index in [2.05, 4.69) is 11.6 Å². The van der Waals surface area contributed by atoms with Crippen molar-refractivity contribution in [2.45, 2.75) is 32.2 Å². The number of aromatic nitrogens is 1. The van der Waals surface area contributed by atoms with E-state index in [1.165, 1.54) is 12.8 Å². The maximum absolute atomic E-state index is 5.56. The van der Waals surface area contributed by atoms with Crippen molar-refractivity contribution < 1.29 is 4.74 Å². The number of pyridine rings is 1. The van der Waals surface area contributed by atoms with Crippen LogP contribution in [0.4, 0.5) is 0 Å². The molecule has 1 aromatic rings. The average molecular weight is 220 g/mol. The Morgan fingerprint density at radius 3 is 2.81 bits per heavy atom. The molecule has 0 saturated carbocycles. The highest BCUT2D eigenvalue weighted by molar-refractivity contribution is 5.19. The van der Waals surface area contributed by atoms with Crippen LogP contribution in [0.1, 0.15) is 31.4 Å². The van der Waals surface area contributed by atoms with Gasteiger partial charge in [0.2, 0.25) is 0 Å². The van der Waals surface area contributed by atoms with Gasteiger partial charge >= 0.3 is 0 Å². The lowest BCUT2D eigenvalue weighted by Crippen LogP contribution is -2.01. The summed E-state index contributed by atoms with van der Waals surface area (Å²) in [5.41, 5.74) is 6.34. The molecule has 0 spiro atoms. The molecule has 2 N–H and O–H groups in total.